The minimum absolute atomic E-state index is 0.159. The van der Waals surface area contributed by atoms with Gasteiger partial charge in [-0.2, -0.15) is 0 Å². The molecule has 1 aromatic heterocycles. The molecule has 21 heavy (non-hydrogen) atoms. The molecule has 0 amide bonds. The van der Waals surface area contributed by atoms with Gasteiger partial charge in [0.2, 0.25) is 0 Å². The summed E-state index contributed by atoms with van der Waals surface area (Å²) in [6.45, 7) is 5.74. The quantitative estimate of drug-likeness (QED) is 0.857. The minimum Gasteiger partial charge on any atom is -0.455 e. The van der Waals surface area contributed by atoms with E-state index in [1.54, 1.807) is 13.0 Å². The fourth-order valence-corrected chi connectivity index (χ4v) is 3.66. The second-order valence-corrected chi connectivity index (χ2v) is 6.28. The summed E-state index contributed by atoms with van der Waals surface area (Å²) in [5, 5.41) is 3.07. The maximum Gasteiger partial charge on any atom is 0.291 e. The summed E-state index contributed by atoms with van der Waals surface area (Å²) in [5.41, 5.74) is 0.400. The molecule has 1 unspecified atom stereocenters. The first-order chi connectivity index (χ1) is 10.1. The number of piperidine rings is 3. The van der Waals surface area contributed by atoms with Crippen molar-refractivity contribution in [3.05, 3.63) is 23.6 Å². The molecule has 6 heteroatoms. The zero-order valence-corrected chi connectivity index (χ0v) is 12.1. The van der Waals surface area contributed by atoms with E-state index in [1.807, 2.05) is 0 Å². The van der Waals surface area contributed by atoms with Crippen LogP contribution in [0.25, 0.3) is 0 Å². The third kappa shape index (κ3) is 2.18. The van der Waals surface area contributed by atoms with Gasteiger partial charge in [-0.15, -0.1) is 0 Å². The molecule has 0 aromatic carbocycles. The Hall–Kier alpha value is -1.69. The molecular formula is C15H19FN4O. The van der Waals surface area contributed by atoms with E-state index in [-0.39, 0.29) is 11.4 Å². The first-order valence-corrected chi connectivity index (χ1v) is 7.50. The predicted octanol–water partition coefficient (Wildman–Crippen LogP) is 1.79. The van der Waals surface area contributed by atoms with E-state index in [9.17, 15) is 4.39 Å². The molecule has 1 aromatic rings. The van der Waals surface area contributed by atoms with Crippen molar-refractivity contribution in [2.24, 2.45) is 10.9 Å². The first-order valence-electron chi connectivity index (χ1n) is 7.50. The number of anilines is 1. The van der Waals surface area contributed by atoms with Gasteiger partial charge in [-0.3, -0.25) is 10.2 Å². The SMILES string of the molecule is Cc1cc(NC2=NCC3(CN4CCC3CC4)O2)ncc1F. The lowest BCUT2D eigenvalue weighted by Gasteiger charge is -2.50. The minimum atomic E-state index is -0.302. The highest BCUT2D eigenvalue weighted by atomic mass is 19.1. The Kier molecular flexibility index (Phi) is 2.89. The lowest BCUT2D eigenvalue weighted by atomic mass is 9.75. The van der Waals surface area contributed by atoms with Gasteiger partial charge in [0.25, 0.3) is 6.02 Å². The van der Waals surface area contributed by atoms with Crippen LogP contribution >= 0.6 is 0 Å². The molecular weight excluding hydrogens is 271 g/mol. The van der Waals surface area contributed by atoms with E-state index >= 15 is 0 Å². The van der Waals surface area contributed by atoms with E-state index in [0.717, 1.165) is 6.54 Å². The fraction of sp³-hybridized carbons (Fsp3) is 0.600. The molecule has 5 heterocycles. The van der Waals surface area contributed by atoms with Crippen molar-refractivity contribution in [2.45, 2.75) is 25.4 Å². The third-order valence-corrected chi connectivity index (χ3v) is 4.90. The number of aromatic nitrogens is 1. The average molecular weight is 290 g/mol. The van der Waals surface area contributed by atoms with E-state index < -0.39 is 0 Å². The normalized spacial score (nSPS) is 33.9. The number of pyridine rings is 1. The van der Waals surface area contributed by atoms with E-state index in [0.29, 0.717) is 29.9 Å². The molecule has 0 radical (unpaired) electrons. The Morgan fingerprint density at radius 3 is 2.90 bits per heavy atom. The summed E-state index contributed by atoms with van der Waals surface area (Å²) in [6.07, 6.45) is 3.60. The second-order valence-electron chi connectivity index (χ2n) is 6.28. The molecule has 112 valence electrons. The zero-order valence-electron chi connectivity index (χ0n) is 12.1. The molecule has 4 aliphatic heterocycles. The summed E-state index contributed by atoms with van der Waals surface area (Å²) in [7, 11) is 0. The topological polar surface area (TPSA) is 49.8 Å². The van der Waals surface area contributed by atoms with Crippen molar-refractivity contribution in [2.75, 3.05) is 31.5 Å². The van der Waals surface area contributed by atoms with Crippen LogP contribution in [0.4, 0.5) is 10.2 Å². The highest BCUT2D eigenvalue weighted by molar-refractivity contribution is 5.89. The number of nitrogens with one attached hydrogen (secondary N) is 1. The van der Waals surface area contributed by atoms with Gasteiger partial charge in [-0.05, 0) is 44.5 Å². The molecule has 3 saturated heterocycles. The smallest absolute Gasteiger partial charge is 0.291 e. The van der Waals surface area contributed by atoms with Crippen LogP contribution in [-0.4, -0.2) is 47.7 Å². The number of aryl methyl sites for hydroxylation is 1. The number of fused-ring (bicyclic) bond motifs is 2. The largest absolute Gasteiger partial charge is 0.455 e. The number of nitrogens with zero attached hydrogens (tertiary/aromatic N) is 3. The maximum absolute atomic E-state index is 13.2. The summed E-state index contributed by atoms with van der Waals surface area (Å²) >= 11 is 0. The Balaban J connectivity index is 1.47. The van der Waals surface area contributed by atoms with E-state index in [1.165, 1.54) is 32.1 Å². The fourth-order valence-electron chi connectivity index (χ4n) is 3.66. The number of hydrogen-bond acceptors (Lipinski definition) is 5. The van der Waals surface area contributed by atoms with Crippen LogP contribution in [-0.2, 0) is 4.74 Å². The molecule has 3 fully saturated rings. The van der Waals surface area contributed by atoms with Gasteiger partial charge in [0.1, 0.15) is 17.2 Å². The Morgan fingerprint density at radius 2 is 2.24 bits per heavy atom. The molecule has 5 rings (SSSR count). The van der Waals surface area contributed by atoms with Gasteiger partial charge in [0, 0.05) is 12.5 Å². The van der Waals surface area contributed by atoms with Crippen LogP contribution in [0.5, 0.6) is 0 Å². The molecule has 0 aliphatic carbocycles. The first kappa shape index (κ1) is 13.0. The van der Waals surface area contributed by atoms with Crippen molar-refractivity contribution in [3.8, 4) is 0 Å². The number of ether oxygens (including phenoxy) is 1. The summed E-state index contributed by atoms with van der Waals surface area (Å²) in [5.74, 6) is 0.864. The Bertz CT molecular complexity index is 597. The summed E-state index contributed by atoms with van der Waals surface area (Å²) in [4.78, 5) is 11.0. The highest BCUT2D eigenvalue weighted by Crippen LogP contribution is 2.40. The van der Waals surface area contributed by atoms with Crippen LogP contribution in [0.15, 0.2) is 17.3 Å². The van der Waals surface area contributed by atoms with Gasteiger partial charge >= 0.3 is 0 Å². The molecule has 4 aliphatic rings. The van der Waals surface area contributed by atoms with Crippen LogP contribution in [0.3, 0.4) is 0 Å². The van der Waals surface area contributed by atoms with Crippen LogP contribution < -0.4 is 5.32 Å². The van der Waals surface area contributed by atoms with Crippen molar-refractivity contribution in [1.82, 2.24) is 9.88 Å². The van der Waals surface area contributed by atoms with Gasteiger partial charge in [0.15, 0.2) is 0 Å². The lowest BCUT2D eigenvalue weighted by molar-refractivity contribution is -0.0829. The molecule has 5 nitrogen and oxygen atoms in total. The van der Waals surface area contributed by atoms with Crippen molar-refractivity contribution in [1.29, 1.82) is 0 Å². The average Bonchev–Trinajstić information content (AvgIpc) is 2.87. The number of aliphatic imine (C=N–C) groups is 1. The van der Waals surface area contributed by atoms with Crippen LogP contribution in [0.2, 0.25) is 0 Å². The van der Waals surface area contributed by atoms with Gasteiger partial charge in [-0.25, -0.2) is 14.4 Å². The maximum atomic E-state index is 13.2. The monoisotopic (exact) mass is 290 g/mol. The van der Waals surface area contributed by atoms with E-state index in [2.05, 4.69) is 20.2 Å². The lowest BCUT2D eigenvalue weighted by Crippen LogP contribution is -2.61. The van der Waals surface area contributed by atoms with Crippen molar-refractivity contribution < 1.29 is 9.13 Å². The summed E-state index contributed by atoms with van der Waals surface area (Å²) < 4.78 is 19.4. The van der Waals surface area contributed by atoms with Gasteiger partial charge < -0.3 is 4.74 Å². The number of amidine groups is 1. The van der Waals surface area contributed by atoms with Crippen LogP contribution in [0.1, 0.15) is 18.4 Å². The van der Waals surface area contributed by atoms with Crippen LogP contribution in [0, 0.1) is 18.7 Å². The second kappa shape index (κ2) is 4.66. The zero-order chi connectivity index (χ0) is 14.4. The third-order valence-electron chi connectivity index (χ3n) is 4.90. The summed E-state index contributed by atoms with van der Waals surface area (Å²) in [6, 6.07) is 2.19. The van der Waals surface area contributed by atoms with Gasteiger partial charge in [0.05, 0.1) is 12.7 Å². The molecule has 1 N–H and O–H groups in total. The molecule has 2 bridgehead atoms. The number of halogens is 1. The highest BCUT2D eigenvalue weighted by Gasteiger charge is 2.51. The van der Waals surface area contributed by atoms with E-state index in [4.69, 9.17) is 4.74 Å². The molecule has 1 spiro atoms. The predicted molar refractivity (Wildman–Crippen MR) is 77.8 cm³/mol. The molecule has 1 atom stereocenters. The Labute approximate surface area is 123 Å². The standard InChI is InChI=1S/C15H19FN4O/c1-10-6-13(17-7-12(10)16)19-14-18-8-15(21-14)9-20-4-2-11(15)3-5-20/h6-7,11H,2-5,8-9H2,1H3,(H,17,18,19). The van der Waals surface area contributed by atoms with Crippen molar-refractivity contribution >= 4 is 11.8 Å². The molecule has 0 saturated carbocycles. The van der Waals surface area contributed by atoms with Gasteiger partial charge in [-0.1, -0.05) is 0 Å². The van der Waals surface area contributed by atoms with Crippen molar-refractivity contribution in [3.63, 3.8) is 0 Å². The number of hydrogen-bond donors (Lipinski definition) is 1. The number of rotatable bonds is 1. The Morgan fingerprint density at radius 1 is 1.43 bits per heavy atom.